The summed E-state index contributed by atoms with van der Waals surface area (Å²) in [6, 6.07) is 23.1. The summed E-state index contributed by atoms with van der Waals surface area (Å²) in [6.45, 7) is 2.88. The molecule has 42 heavy (non-hydrogen) atoms. The normalized spacial score (nSPS) is 20.0. The smallest absolute Gasteiger partial charge is 0.251 e. The van der Waals surface area contributed by atoms with E-state index in [1.165, 1.54) is 5.56 Å². The second kappa shape index (κ2) is 13.6. The van der Waals surface area contributed by atoms with Gasteiger partial charge in [-0.3, -0.25) is 14.4 Å². The van der Waals surface area contributed by atoms with Gasteiger partial charge in [-0.15, -0.1) is 0 Å². The lowest BCUT2D eigenvalue weighted by Gasteiger charge is -2.33. The fourth-order valence-electron chi connectivity index (χ4n) is 5.54. The molecule has 0 unspecified atom stereocenters. The summed E-state index contributed by atoms with van der Waals surface area (Å²) in [4.78, 5) is 15.1. The highest BCUT2D eigenvalue weighted by atomic mass is 32.2. The van der Waals surface area contributed by atoms with E-state index in [0.29, 0.717) is 23.0 Å². The van der Waals surface area contributed by atoms with Crippen molar-refractivity contribution in [3.63, 3.8) is 0 Å². The number of hydrogen-bond acceptors (Lipinski definition) is 7. The topological polar surface area (TPSA) is 120 Å². The number of sulfonamides is 1. The number of piperidine rings is 1. The average molecular weight is 593 g/mol. The van der Waals surface area contributed by atoms with E-state index >= 15 is 0 Å². The molecule has 0 aromatic heterocycles. The first-order valence-electron chi connectivity index (χ1n) is 14.6. The van der Waals surface area contributed by atoms with Gasteiger partial charge in [0.2, 0.25) is 10.0 Å². The molecular weight excluding hydrogens is 552 g/mol. The van der Waals surface area contributed by atoms with E-state index < -0.39 is 10.0 Å². The number of rotatable bonds is 10. The van der Waals surface area contributed by atoms with Crippen molar-refractivity contribution in [1.29, 1.82) is 0 Å². The van der Waals surface area contributed by atoms with Gasteiger partial charge in [0, 0.05) is 48.7 Å². The quantitative estimate of drug-likeness (QED) is 0.263. The van der Waals surface area contributed by atoms with Crippen molar-refractivity contribution < 1.29 is 23.1 Å². The molecule has 0 bridgehead atoms. The molecule has 1 saturated heterocycles. The summed E-state index contributed by atoms with van der Waals surface area (Å²) >= 11 is 0. The van der Waals surface area contributed by atoms with Gasteiger partial charge < -0.3 is 20.5 Å². The molecule has 2 aliphatic rings. The zero-order valence-electron chi connectivity index (χ0n) is 24.0. The van der Waals surface area contributed by atoms with Crippen LogP contribution in [-0.4, -0.2) is 61.9 Å². The monoisotopic (exact) mass is 592 g/mol. The van der Waals surface area contributed by atoms with Crippen molar-refractivity contribution in [1.82, 2.24) is 10.2 Å². The molecule has 3 aromatic carbocycles. The lowest BCUT2D eigenvalue weighted by molar-refractivity contribution is 0.0867. The number of anilines is 2. The van der Waals surface area contributed by atoms with Gasteiger partial charge in [0.15, 0.2) is 0 Å². The minimum absolute atomic E-state index is 0.0472. The van der Waals surface area contributed by atoms with Crippen molar-refractivity contribution >= 4 is 27.3 Å². The highest BCUT2D eigenvalue weighted by Gasteiger charge is 2.22. The highest BCUT2D eigenvalue weighted by molar-refractivity contribution is 7.92. The Labute approximate surface area is 248 Å². The zero-order chi connectivity index (χ0) is 29.5. The van der Waals surface area contributed by atoms with Crippen LogP contribution < -0.4 is 20.1 Å². The van der Waals surface area contributed by atoms with E-state index in [-0.39, 0.29) is 18.1 Å². The SMILES string of the molecule is CS(=O)(=O)Nc1ccc(Oc2ccc(CN3CCC(Nc4ccc(C(=O)NC5CCC(O)CC5)cc4)CC3)cc2)cc1. The van der Waals surface area contributed by atoms with Crippen LogP contribution in [0.3, 0.4) is 0 Å². The van der Waals surface area contributed by atoms with Crippen LogP contribution in [0.15, 0.2) is 72.8 Å². The fourth-order valence-corrected chi connectivity index (χ4v) is 6.10. The van der Waals surface area contributed by atoms with Gasteiger partial charge in [-0.2, -0.15) is 0 Å². The molecule has 0 atom stereocenters. The largest absolute Gasteiger partial charge is 0.457 e. The summed E-state index contributed by atoms with van der Waals surface area (Å²) in [6.07, 6.45) is 6.14. The van der Waals surface area contributed by atoms with Gasteiger partial charge in [-0.25, -0.2) is 8.42 Å². The Bertz CT molecular complexity index is 1410. The lowest BCUT2D eigenvalue weighted by Crippen LogP contribution is -2.39. The van der Waals surface area contributed by atoms with Crippen LogP contribution in [0.25, 0.3) is 0 Å². The Morgan fingerprint density at radius 1 is 0.810 bits per heavy atom. The molecular formula is C32H40N4O5S. The Balaban J connectivity index is 1.03. The van der Waals surface area contributed by atoms with Crippen LogP contribution in [0.1, 0.15) is 54.4 Å². The lowest BCUT2D eigenvalue weighted by atomic mass is 9.93. The zero-order valence-corrected chi connectivity index (χ0v) is 24.8. The number of hydrogen-bond donors (Lipinski definition) is 4. The van der Waals surface area contributed by atoms with E-state index in [0.717, 1.165) is 75.9 Å². The van der Waals surface area contributed by atoms with Gasteiger partial charge in [-0.1, -0.05) is 12.1 Å². The number of benzene rings is 3. The second-order valence-electron chi connectivity index (χ2n) is 11.4. The maximum absolute atomic E-state index is 12.6. The molecule has 1 heterocycles. The summed E-state index contributed by atoms with van der Waals surface area (Å²) in [5.41, 5.74) is 3.41. The third-order valence-electron chi connectivity index (χ3n) is 7.86. The predicted octanol–water partition coefficient (Wildman–Crippen LogP) is 4.96. The first-order chi connectivity index (χ1) is 20.2. The standard InChI is InChI=1S/C32H40N4O5S/c1-42(39,40)35-28-10-16-31(17-11-28)41-30-14-2-23(3-15-30)22-36-20-18-27(19-21-36)33-25-6-4-24(5-7-25)32(38)34-26-8-12-29(37)13-9-26/h2-7,10-11,14-17,26-27,29,33,35,37H,8-9,12-13,18-22H2,1H3,(H,34,38). The van der Waals surface area contributed by atoms with E-state index in [2.05, 4.69) is 32.4 Å². The number of likely N-dealkylation sites (tertiary alicyclic amines) is 1. The van der Waals surface area contributed by atoms with Gasteiger partial charge in [0.1, 0.15) is 11.5 Å². The van der Waals surface area contributed by atoms with Gasteiger partial charge in [-0.05, 0) is 105 Å². The number of aliphatic hydroxyl groups is 1. The molecule has 3 aromatic rings. The average Bonchev–Trinajstić information content (AvgIpc) is 2.97. The number of ether oxygens (including phenoxy) is 1. The van der Waals surface area contributed by atoms with Crippen LogP contribution in [-0.2, 0) is 16.6 Å². The van der Waals surface area contributed by atoms with Crippen LogP contribution in [0.2, 0.25) is 0 Å². The first kappa shape index (κ1) is 29.9. The molecule has 1 saturated carbocycles. The molecule has 1 amide bonds. The van der Waals surface area contributed by atoms with E-state index in [9.17, 15) is 18.3 Å². The Kier molecular flexibility index (Phi) is 9.66. The van der Waals surface area contributed by atoms with E-state index in [1.54, 1.807) is 24.3 Å². The summed E-state index contributed by atoms with van der Waals surface area (Å²) in [5.74, 6) is 1.31. The number of amides is 1. The van der Waals surface area contributed by atoms with Crippen LogP contribution in [0.4, 0.5) is 11.4 Å². The minimum atomic E-state index is -3.31. The van der Waals surface area contributed by atoms with Gasteiger partial charge >= 0.3 is 0 Å². The van der Waals surface area contributed by atoms with Gasteiger partial charge in [0.25, 0.3) is 5.91 Å². The molecule has 1 aliphatic carbocycles. The summed E-state index contributed by atoms with van der Waals surface area (Å²) in [7, 11) is -3.31. The maximum Gasteiger partial charge on any atom is 0.251 e. The third kappa shape index (κ3) is 8.95. The summed E-state index contributed by atoms with van der Waals surface area (Å²) in [5, 5.41) is 16.4. The number of carbonyl (C=O) groups excluding carboxylic acids is 1. The van der Waals surface area contributed by atoms with Crippen molar-refractivity contribution in [2.45, 2.75) is 63.3 Å². The Morgan fingerprint density at radius 2 is 1.38 bits per heavy atom. The predicted molar refractivity (Wildman–Crippen MR) is 166 cm³/mol. The Hall–Kier alpha value is -3.60. The molecule has 10 heteroatoms. The first-order valence-corrected chi connectivity index (χ1v) is 16.5. The van der Waals surface area contributed by atoms with Crippen LogP contribution in [0.5, 0.6) is 11.5 Å². The van der Waals surface area contributed by atoms with Crippen molar-refractivity contribution in [2.24, 2.45) is 0 Å². The molecule has 5 rings (SSSR count). The molecule has 0 spiro atoms. The minimum Gasteiger partial charge on any atom is -0.457 e. The maximum atomic E-state index is 12.6. The fraction of sp³-hybridized carbons (Fsp3) is 0.406. The number of aliphatic hydroxyl groups excluding tert-OH is 1. The number of nitrogens with zero attached hydrogens (tertiary/aromatic N) is 1. The second-order valence-corrected chi connectivity index (χ2v) is 13.1. The van der Waals surface area contributed by atoms with Crippen molar-refractivity contribution in [3.05, 3.63) is 83.9 Å². The molecule has 9 nitrogen and oxygen atoms in total. The van der Waals surface area contributed by atoms with Crippen LogP contribution >= 0.6 is 0 Å². The van der Waals surface area contributed by atoms with Gasteiger partial charge in [0.05, 0.1) is 12.4 Å². The van der Waals surface area contributed by atoms with Crippen molar-refractivity contribution in [3.8, 4) is 11.5 Å². The summed E-state index contributed by atoms with van der Waals surface area (Å²) < 4.78 is 31.1. The van der Waals surface area contributed by atoms with E-state index in [4.69, 9.17) is 4.74 Å². The van der Waals surface area contributed by atoms with E-state index in [1.807, 2.05) is 36.4 Å². The number of carbonyl (C=O) groups is 1. The van der Waals surface area contributed by atoms with Crippen molar-refractivity contribution in [2.75, 3.05) is 29.4 Å². The molecule has 1 aliphatic heterocycles. The molecule has 224 valence electrons. The molecule has 4 N–H and O–H groups in total. The third-order valence-corrected chi connectivity index (χ3v) is 8.47. The highest BCUT2D eigenvalue weighted by Crippen LogP contribution is 2.25. The Morgan fingerprint density at radius 3 is 1.98 bits per heavy atom. The molecule has 0 radical (unpaired) electrons. The number of nitrogens with one attached hydrogen (secondary N) is 3. The van der Waals surface area contributed by atoms with Crippen LogP contribution in [0, 0.1) is 0 Å². The molecule has 2 fully saturated rings.